The number of imidazole rings is 1. The lowest BCUT2D eigenvalue weighted by atomic mass is 10.5. The van der Waals surface area contributed by atoms with Gasteiger partial charge in [0.25, 0.3) is 0 Å². The number of carbonyl (C=O) groups excluding carboxylic acids is 1. The average Bonchev–Trinajstić information content (AvgIpc) is 2.48. The summed E-state index contributed by atoms with van der Waals surface area (Å²) in [4.78, 5) is 14.7. The standard InChI is InChI=1S/C8H14N4O/c1-2-10-5-8-11-3-4-12(8)6-7(9)13/h3-4,10H,2,5-6H2,1H3,(H2,9,13). The quantitative estimate of drug-likeness (QED) is 0.643. The van der Waals surface area contributed by atoms with Crippen LogP contribution in [0.15, 0.2) is 12.4 Å². The Hall–Kier alpha value is -1.36. The van der Waals surface area contributed by atoms with Crippen LogP contribution in [0.25, 0.3) is 0 Å². The van der Waals surface area contributed by atoms with Gasteiger partial charge in [0.15, 0.2) is 0 Å². The highest BCUT2D eigenvalue weighted by molar-refractivity contribution is 5.73. The number of nitrogens with two attached hydrogens (primary N) is 1. The van der Waals surface area contributed by atoms with Crippen molar-refractivity contribution in [1.82, 2.24) is 14.9 Å². The molecule has 0 radical (unpaired) electrons. The van der Waals surface area contributed by atoms with Gasteiger partial charge in [-0.05, 0) is 6.54 Å². The summed E-state index contributed by atoms with van der Waals surface area (Å²) in [5.74, 6) is 0.483. The van der Waals surface area contributed by atoms with E-state index in [1.54, 1.807) is 17.0 Å². The topological polar surface area (TPSA) is 72.9 Å². The van der Waals surface area contributed by atoms with Gasteiger partial charge in [-0.1, -0.05) is 6.92 Å². The van der Waals surface area contributed by atoms with Gasteiger partial charge in [-0.15, -0.1) is 0 Å². The lowest BCUT2D eigenvalue weighted by Gasteiger charge is -2.04. The van der Waals surface area contributed by atoms with Crippen LogP contribution in [0.2, 0.25) is 0 Å². The zero-order valence-corrected chi connectivity index (χ0v) is 7.66. The molecule has 0 aliphatic carbocycles. The van der Waals surface area contributed by atoms with Crippen LogP contribution in [0.3, 0.4) is 0 Å². The molecule has 0 saturated heterocycles. The summed E-state index contributed by atoms with van der Waals surface area (Å²) in [5.41, 5.74) is 5.07. The Bertz CT molecular complexity index is 281. The molecule has 0 aromatic carbocycles. The van der Waals surface area contributed by atoms with Crippen LogP contribution in [-0.2, 0) is 17.9 Å². The molecule has 72 valence electrons. The lowest BCUT2D eigenvalue weighted by Crippen LogP contribution is -2.22. The van der Waals surface area contributed by atoms with E-state index < -0.39 is 0 Å². The predicted molar refractivity (Wildman–Crippen MR) is 48.8 cm³/mol. The molecular formula is C8H14N4O. The largest absolute Gasteiger partial charge is 0.368 e. The number of hydrogen-bond donors (Lipinski definition) is 2. The Morgan fingerprint density at radius 2 is 2.54 bits per heavy atom. The van der Waals surface area contributed by atoms with E-state index in [1.807, 2.05) is 6.92 Å². The van der Waals surface area contributed by atoms with E-state index in [-0.39, 0.29) is 12.5 Å². The Labute approximate surface area is 76.9 Å². The van der Waals surface area contributed by atoms with Crippen LogP contribution in [0, 0.1) is 0 Å². The normalized spacial score (nSPS) is 10.2. The van der Waals surface area contributed by atoms with Gasteiger partial charge in [-0.2, -0.15) is 0 Å². The lowest BCUT2D eigenvalue weighted by molar-refractivity contribution is -0.118. The second kappa shape index (κ2) is 4.61. The number of rotatable bonds is 5. The average molecular weight is 182 g/mol. The first kappa shape index (κ1) is 9.73. The van der Waals surface area contributed by atoms with Crippen molar-refractivity contribution < 1.29 is 4.79 Å². The van der Waals surface area contributed by atoms with Gasteiger partial charge in [0, 0.05) is 12.4 Å². The first-order valence-electron chi connectivity index (χ1n) is 4.23. The molecule has 0 aliphatic heterocycles. The van der Waals surface area contributed by atoms with Crippen LogP contribution in [0.1, 0.15) is 12.7 Å². The highest BCUT2D eigenvalue weighted by Crippen LogP contribution is 1.96. The van der Waals surface area contributed by atoms with Gasteiger partial charge < -0.3 is 15.6 Å². The monoisotopic (exact) mass is 182 g/mol. The molecule has 0 saturated carbocycles. The van der Waals surface area contributed by atoms with Crippen molar-refractivity contribution in [2.24, 2.45) is 5.73 Å². The Morgan fingerprint density at radius 3 is 3.15 bits per heavy atom. The van der Waals surface area contributed by atoms with Crippen LogP contribution < -0.4 is 11.1 Å². The molecule has 0 atom stereocenters. The Balaban J connectivity index is 2.60. The summed E-state index contributed by atoms with van der Waals surface area (Å²) in [6.07, 6.45) is 3.41. The molecule has 3 N–H and O–H groups in total. The molecule has 5 heteroatoms. The second-order valence-electron chi connectivity index (χ2n) is 2.72. The highest BCUT2D eigenvalue weighted by Gasteiger charge is 2.03. The predicted octanol–water partition coefficient (Wildman–Crippen LogP) is -0.522. The smallest absolute Gasteiger partial charge is 0.237 e. The maximum atomic E-state index is 10.6. The van der Waals surface area contributed by atoms with Crippen molar-refractivity contribution in [1.29, 1.82) is 0 Å². The maximum absolute atomic E-state index is 10.6. The maximum Gasteiger partial charge on any atom is 0.237 e. The van der Waals surface area contributed by atoms with Crippen LogP contribution in [-0.4, -0.2) is 22.0 Å². The first-order chi connectivity index (χ1) is 6.24. The molecule has 13 heavy (non-hydrogen) atoms. The molecule has 5 nitrogen and oxygen atoms in total. The van der Waals surface area contributed by atoms with Gasteiger partial charge in [0.2, 0.25) is 5.91 Å². The van der Waals surface area contributed by atoms with Gasteiger partial charge >= 0.3 is 0 Å². The molecule has 1 rings (SSSR count). The van der Waals surface area contributed by atoms with Crippen LogP contribution >= 0.6 is 0 Å². The van der Waals surface area contributed by atoms with Gasteiger partial charge in [0.1, 0.15) is 12.4 Å². The number of amides is 1. The van der Waals surface area contributed by atoms with Crippen molar-refractivity contribution in [2.75, 3.05) is 6.54 Å². The molecular weight excluding hydrogens is 168 g/mol. The van der Waals surface area contributed by atoms with E-state index in [4.69, 9.17) is 5.73 Å². The third-order valence-corrected chi connectivity index (χ3v) is 1.66. The molecule has 0 spiro atoms. The van der Waals surface area contributed by atoms with E-state index >= 15 is 0 Å². The minimum Gasteiger partial charge on any atom is -0.368 e. The number of nitrogens with one attached hydrogen (secondary N) is 1. The van der Waals surface area contributed by atoms with Crippen molar-refractivity contribution >= 4 is 5.91 Å². The SMILES string of the molecule is CCNCc1nccn1CC(N)=O. The fourth-order valence-electron chi connectivity index (χ4n) is 1.06. The van der Waals surface area contributed by atoms with Crippen molar-refractivity contribution in [3.8, 4) is 0 Å². The van der Waals surface area contributed by atoms with Gasteiger partial charge in [-0.25, -0.2) is 4.98 Å². The molecule has 0 fully saturated rings. The van der Waals surface area contributed by atoms with E-state index in [9.17, 15) is 4.79 Å². The van der Waals surface area contributed by atoms with E-state index in [1.165, 1.54) is 0 Å². The number of aromatic nitrogens is 2. The molecule has 1 aromatic rings. The number of carbonyl (C=O) groups is 1. The molecule has 0 bridgehead atoms. The molecule has 1 aromatic heterocycles. The second-order valence-corrected chi connectivity index (χ2v) is 2.72. The highest BCUT2D eigenvalue weighted by atomic mass is 16.1. The summed E-state index contributed by atoms with van der Waals surface area (Å²) in [6, 6.07) is 0. The Morgan fingerprint density at radius 1 is 1.77 bits per heavy atom. The minimum absolute atomic E-state index is 0.195. The third kappa shape index (κ3) is 2.87. The zero-order valence-electron chi connectivity index (χ0n) is 7.66. The Kier molecular flexibility index (Phi) is 3.45. The van der Waals surface area contributed by atoms with Gasteiger partial charge in [-0.3, -0.25) is 4.79 Å². The fourth-order valence-corrected chi connectivity index (χ4v) is 1.06. The van der Waals surface area contributed by atoms with Gasteiger partial charge in [0.05, 0.1) is 6.54 Å². The summed E-state index contributed by atoms with van der Waals surface area (Å²) >= 11 is 0. The zero-order chi connectivity index (χ0) is 9.68. The minimum atomic E-state index is -0.351. The van der Waals surface area contributed by atoms with Crippen molar-refractivity contribution in [3.63, 3.8) is 0 Å². The molecule has 1 heterocycles. The summed E-state index contributed by atoms with van der Waals surface area (Å²) in [5, 5.41) is 3.13. The van der Waals surface area contributed by atoms with E-state index in [0.29, 0.717) is 6.54 Å². The third-order valence-electron chi connectivity index (χ3n) is 1.66. The van der Waals surface area contributed by atoms with Crippen molar-refractivity contribution in [2.45, 2.75) is 20.0 Å². The van der Waals surface area contributed by atoms with E-state index in [2.05, 4.69) is 10.3 Å². The number of hydrogen-bond acceptors (Lipinski definition) is 3. The number of nitrogens with zero attached hydrogens (tertiary/aromatic N) is 2. The summed E-state index contributed by atoms with van der Waals surface area (Å²) in [6.45, 7) is 3.75. The first-order valence-corrected chi connectivity index (χ1v) is 4.23. The van der Waals surface area contributed by atoms with E-state index in [0.717, 1.165) is 12.4 Å². The number of primary amides is 1. The summed E-state index contributed by atoms with van der Waals surface area (Å²) in [7, 11) is 0. The van der Waals surface area contributed by atoms with Crippen LogP contribution in [0.4, 0.5) is 0 Å². The summed E-state index contributed by atoms with van der Waals surface area (Å²) < 4.78 is 1.74. The molecule has 0 aliphatic rings. The van der Waals surface area contributed by atoms with Crippen molar-refractivity contribution in [3.05, 3.63) is 18.2 Å². The fraction of sp³-hybridized carbons (Fsp3) is 0.500. The molecule has 1 amide bonds. The van der Waals surface area contributed by atoms with Crippen LogP contribution in [0.5, 0.6) is 0 Å². The molecule has 0 unspecified atom stereocenters.